The Bertz CT molecular complexity index is 650. The fraction of sp³-hybridized carbons (Fsp3) is 0.611. The molecule has 1 atom stereocenters. The molecule has 1 aromatic rings. The number of amides is 1. The Labute approximate surface area is 150 Å². The third-order valence-corrected chi connectivity index (χ3v) is 6.03. The molecule has 0 aliphatic heterocycles. The van der Waals surface area contributed by atoms with Crippen molar-refractivity contribution in [3.63, 3.8) is 0 Å². The van der Waals surface area contributed by atoms with Crippen LogP contribution in [0.3, 0.4) is 0 Å². The molecule has 0 unspecified atom stereocenters. The van der Waals surface area contributed by atoms with Crippen LogP contribution >= 0.6 is 0 Å². The summed E-state index contributed by atoms with van der Waals surface area (Å²) < 4.78 is 33.5. The number of hydrogen-bond donors (Lipinski definition) is 2. The number of likely N-dealkylation sites (N-methyl/N-ethyl adjacent to an activating group) is 1. The van der Waals surface area contributed by atoms with Crippen molar-refractivity contribution in [3.8, 4) is 5.75 Å². The van der Waals surface area contributed by atoms with Gasteiger partial charge in [0, 0.05) is 13.1 Å². The van der Waals surface area contributed by atoms with Crippen molar-refractivity contribution in [1.29, 1.82) is 0 Å². The van der Waals surface area contributed by atoms with Gasteiger partial charge in [-0.25, -0.2) is 13.1 Å². The number of rotatable bonds is 6. The molecule has 1 aliphatic carbocycles. The fourth-order valence-corrected chi connectivity index (χ4v) is 4.32. The van der Waals surface area contributed by atoms with Crippen LogP contribution in [0.4, 0.5) is 0 Å². The summed E-state index contributed by atoms with van der Waals surface area (Å²) >= 11 is 0. The van der Waals surface area contributed by atoms with Gasteiger partial charge in [-0.3, -0.25) is 4.79 Å². The second-order valence-electron chi connectivity index (χ2n) is 6.51. The Balaban J connectivity index is 2.00. The van der Waals surface area contributed by atoms with Gasteiger partial charge in [-0.2, -0.15) is 0 Å². The third kappa shape index (κ3) is 6.01. The molecular formula is C18H28N2O4S. The van der Waals surface area contributed by atoms with Gasteiger partial charge in [-0.05, 0) is 44.0 Å². The Hall–Kier alpha value is -1.60. The Morgan fingerprint density at radius 2 is 1.64 bits per heavy atom. The molecule has 2 rings (SSSR count). The second kappa shape index (κ2) is 9.20. The maximum absolute atomic E-state index is 12.6. The van der Waals surface area contributed by atoms with Crippen LogP contribution in [-0.4, -0.2) is 33.5 Å². The molecule has 0 radical (unpaired) electrons. The highest BCUT2D eigenvalue weighted by Gasteiger charge is 2.21. The van der Waals surface area contributed by atoms with E-state index in [-0.39, 0.29) is 16.8 Å². The van der Waals surface area contributed by atoms with E-state index in [2.05, 4.69) is 10.0 Å². The zero-order valence-corrected chi connectivity index (χ0v) is 15.8. The highest BCUT2D eigenvalue weighted by atomic mass is 32.2. The highest BCUT2D eigenvalue weighted by molar-refractivity contribution is 7.89. The van der Waals surface area contributed by atoms with Gasteiger partial charge in [0.25, 0.3) is 5.91 Å². The van der Waals surface area contributed by atoms with Crippen molar-refractivity contribution in [3.05, 3.63) is 24.3 Å². The minimum atomic E-state index is -3.54. The molecule has 0 spiro atoms. The molecular weight excluding hydrogens is 340 g/mol. The molecule has 1 fully saturated rings. The van der Waals surface area contributed by atoms with Gasteiger partial charge in [0.1, 0.15) is 5.75 Å². The van der Waals surface area contributed by atoms with E-state index in [0.717, 1.165) is 25.7 Å². The monoisotopic (exact) mass is 368 g/mol. The van der Waals surface area contributed by atoms with E-state index in [1.54, 1.807) is 26.1 Å². The molecule has 1 aromatic carbocycles. The molecule has 2 N–H and O–H groups in total. The van der Waals surface area contributed by atoms with Crippen molar-refractivity contribution >= 4 is 15.9 Å². The first-order valence-corrected chi connectivity index (χ1v) is 10.4. The zero-order chi connectivity index (χ0) is 18.3. The summed E-state index contributed by atoms with van der Waals surface area (Å²) in [5, 5.41) is 2.51. The lowest BCUT2D eigenvalue weighted by molar-refractivity contribution is -0.126. The van der Waals surface area contributed by atoms with Gasteiger partial charge < -0.3 is 10.1 Å². The first kappa shape index (κ1) is 19.7. The first-order chi connectivity index (χ1) is 11.9. The van der Waals surface area contributed by atoms with E-state index in [0.29, 0.717) is 5.75 Å². The lowest BCUT2D eigenvalue weighted by atomic mass is 9.97. The summed E-state index contributed by atoms with van der Waals surface area (Å²) in [4.78, 5) is 11.7. The normalized spacial score (nSPS) is 18.0. The van der Waals surface area contributed by atoms with Crippen LogP contribution in [0, 0.1) is 0 Å². The van der Waals surface area contributed by atoms with Crippen LogP contribution in [0.1, 0.15) is 51.9 Å². The van der Waals surface area contributed by atoms with Crippen molar-refractivity contribution in [2.24, 2.45) is 0 Å². The summed E-state index contributed by atoms with van der Waals surface area (Å²) in [6, 6.07) is 6.18. The van der Waals surface area contributed by atoms with Crippen molar-refractivity contribution in [2.75, 3.05) is 7.05 Å². The van der Waals surface area contributed by atoms with E-state index in [9.17, 15) is 13.2 Å². The van der Waals surface area contributed by atoms with Crippen LogP contribution in [0.15, 0.2) is 29.2 Å². The van der Waals surface area contributed by atoms with E-state index in [4.69, 9.17) is 4.74 Å². The van der Waals surface area contributed by atoms with E-state index >= 15 is 0 Å². The molecule has 7 heteroatoms. The molecule has 140 valence electrons. The maximum Gasteiger partial charge on any atom is 0.260 e. The standard InChI is InChI=1S/C18H28N2O4S/c1-14(18(21)19-2)24-16-10-12-17(13-11-16)25(22,23)20-15-8-6-4-3-5-7-9-15/h10-15,20H,3-9H2,1-2H3,(H,19,21)/t14-/m0/s1. The van der Waals surface area contributed by atoms with Crippen LogP contribution in [0.25, 0.3) is 0 Å². The second-order valence-corrected chi connectivity index (χ2v) is 8.22. The quantitative estimate of drug-likeness (QED) is 0.808. The Kier molecular flexibility index (Phi) is 7.25. The van der Waals surface area contributed by atoms with Crippen molar-refractivity contribution < 1.29 is 17.9 Å². The molecule has 0 aromatic heterocycles. The van der Waals surface area contributed by atoms with Crippen LogP contribution in [0.2, 0.25) is 0 Å². The van der Waals surface area contributed by atoms with Crippen molar-refractivity contribution in [2.45, 2.75) is 68.9 Å². The number of nitrogens with one attached hydrogen (secondary N) is 2. The van der Waals surface area contributed by atoms with Gasteiger partial charge in [0.2, 0.25) is 10.0 Å². The van der Waals surface area contributed by atoms with Gasteiger partial charge in [-0.15, -0.1) is 0 Å². The van der Waals surface area contributed by atoms with E-state index < -0.39 is 16.1 Å². The molecule has 0 saturated heterocycles. The molecule has 0 heterocycles. The number of carbonyl (C=O) groups excluding carboxylic acids is 1. The molecule has 0 bridgehead atoms. The Morgan fingerprint density at radius 1 is 1.08 bits per heavy atom. The lowest BCUT2D eigenvalue weighted by Crippen LogP contribution is -2.35. The smallest absolute Gasteiger partial charge is 0.260 e. The summed E-state index contributed by atoms with van der Waals surface area (Å²) in [5.74, 6) is 0.226. The molecule has 1 saturated carbocycles. The predicted molar refractivity (Wildman–Crippen MR) is 97.0 cm³/mol. The van der Waals surface area contributed by atoms with Gasteiger partial charge in [0.15, 0.2) is 6.10 Å². The molecule has 1 aliphatic rings. The number of benzene rings is 1. The molecule has 25 heavy (non-hydrogen) atoms. The van der Waals surface area contributed by atoms with Crippen molar-refractivity contribution in [1.82, 2.24) is 10.0 Å². The number of sulfonamides is 1. The number of carbonyl (C=O) groups is 1. The van der Waals surface area contributed by atoms with Gasteiger partial charge in [-0.1, -0.05) is 32.1 Å². The minimum absolute atomic E-state index is 0.00880. The topological polar surface area (TPSA) is 84.5 Å². The summed E-state index contributed by atoms with van der Waals surface area (Å²) in [7, 11) is -2.00. The van der Waals surface area contributed by atoms with E-state index in [1.165, 1.54) is 31.4 Å². The fourth-order valence-electron chi connectivity index (χ4n) is 3.02. The van der Waals surface area contributed by atoms with E-state index in [1.807, 2.05) is 0 Å². The predicted octanol–water partition coefficient (Wildman–Crippen LogP) is 2.59. The number of hydrogen-bond acceptors (Lipinski definition) is 4. The van der Waals surface area contributed by atoms with Crippen LogP contribution < -0.4 is 14.8 Å². The lowest BCUT2D eigenvalue weighted by Gasteiger charge is -2.21. The average molecular weight is 368 g/mol. The summed E-state index contributed by atoms with van der Waals surface area (Å²) in [6.07, 6.45) is 6.88. The minimum Gasteiger partial charge on any atom is -0.481 e. The number of ether oxygens (including phenoxy) is 1. The SMILES string of the molecule is CNC(=O)[C@H](C)Oc1ccc(S(=O)(=O)NC2CCCCCCC2)cc1. The van der Waals surface area contributed by atoms with Gasteiger partial charge in [0.05, 0.1) is 4.90 Å². The maximum atomic E-state index is 12.6. The highest BCUT2D eigenvalue weighted by Crippen LogP contribution is 2.21. The first-order valence-electron chi connectivity index (χ1n) is 8.93. The summed E-state index contributed by atoms with van der Waals surface area (Å²) in [5.41, 5.74) is 0. The zero-order valence-electron chi connectivity index (χ0n) is 15.0. The largest absolute Gasteiger partial charge is 0.481 e. The Morgan fingerprint density at radius 3 is 2.20 bits per heavy atom. The van der Waals surface area contributed by atoms with Crippen LogP contribution in [0.5, 0.6) is 5.75 Å². The molecule has 6 nitrogen and oxygen atoms in total. The average Bonchev–Trinajstić information content (AvgIpc) is 2.56. The van der Waals surface area contributed by atoms with Crippen LogP contribution in [-0.2, 0) is 14.8 Å². The van der Waals surface area contributed by atoms with Gasteiger partial charge >= 0.3 is 0 Å². The third-order valence-electron chi connectivity index (χ3n) is 4.49. The molecule has 1 amide bonds. The summed E-state index contributed by atoms with van der Waals surface area (Å²) in [6.45, 7) is 1.64.